The zero-order valence-corrected chi connectivity index (χ0v) is 26.6. The summed E-state index contributed by atoms with van der Waals surface area (Å²) in [5.41, 5.74) is 3.49. The van der Waals surface area contributed by atoms with Crippen molar-refractivity contribution >= 4 is 40.6 Å². The molecule has 2 fully saturated rings. The second-order valence-corrected chi connectivity index (χ2v) is 12.3. The molecule has 3 heterocycles. The lowest BCUT2D eigenvalue weighted by Gasteiger charge is -2.31. The molecule has 0 bridgehead atoms. The fourth-order valence-electron chi connectivity index (χ4n) is 5.46. The van der Waals surface area contributed by atoms with E-state index in [1.54, 1.807) is 16.2 Å². The first-order valence-electron chi connectivity index (χ1n) is 15.6. The lowest BCUT2D eigenvalue weighted by Crippen LogP contribution is -2.40. The molecule has 2 saturated heterocycles. The van der Waals surface area contributed by atoms with Gasteiger partial charge < -0.3 is 29.3 Å². The van der Waals surface area contributed by atoms with Crippen LogP contribution in [-0.4, -0.2) is 80.3 Å². The highest BCUT2D eigenvalue weighted by molar-refractivity contribution is 7.14. The monoisotopic (exact) mass is 634 g/mol. The fraction of sp³-hybridized carbons (Fsp3) is 0.441. The predicted octanol–water partition coefficient (Wildman–Crippen LogP) is 6.13. The maximum absolute atomic E-state index is 12.7. The van der Waals surface area contributed by atoms with Gasteiger partial charge in [0.15, 0.2) is 6.29 Å². The fourth-order valence-corrected chi connectivity index (χ4v) is 6.32. The largest absolute Gasteiger partial charge is 0.446 e. The Labute approximate surface area is 268 Å². The molecule has 2 N–H and O–H groups in total. The molecular weight excluding hydrogens is 592 g/mol. The normalized spacial score (nSPS) is 15.9. The number of amides is 3. The van der Waals surface area contributed by atoms with Crippen LogP contribution in [0.1, 0.15) is 50.4 Å². The Hall–Kier alpha value is -3.77. The Bertz CT molecular complexity index is 1390. The average molecular weight is 635 g/mol. The van der Waals surface area contributed by atoms with Gasteiger partial charge in [0.2, 0.25) is 11.8 Å². The van der Waals surface area contributed by atoms with Gasteiger partial charge in [-0.3, -0.25) is 14.9 Å². The van der Waals surface area contributed by atoms with Crippen LogP contribution in [0.15, 0.2) is 66.0 Å². The van der Waals surface area contributed by atoms with Gasteiger partial charge in [-0.2, -0.15) is 0 Å². The smallest absolute Gasteiger partial charge is 0.411 e. The Kier molecular flexibility index (Phi) is 12.0. The van der Waals surface area contributed by atoms with E-state index >= 15 is 0 Å². The molecular formula is C34H42N4O6S. The number of benzene rings is 2. The van der Waals surface area contributed by atoms with Crippen LogP contribution in [0.4, 0.5) is 16.2 Å². The highest BCUT2D eigenvalue weighted by Gasteiger charge is 2.24. The number of rotatable bonds is 13. The van der Waals surface area contributed by atoms with Crippen LogP contribution in [-0.2, 0) is 23.8 Å². The summed E-state index contributed by atoms with van der Waals surface area (Å²) >= 11 is 1.58. The van der Waals surface area contributed by atoms with Crippen molar-refractivity contribution in [1.29, 1.82) is 0 Å². The zero-order chi connectivity index (χ0) is 31.4. The number of unbranched alkanes of at least 4 members (excludes halogenated alkanes) is 1. The predicted molar refractivity (Wildman–Crippen MR) is 175 cm³/mol. The number of ether oxygens (including phenoxy) is 3. The molecule has 10 nitrogen and oxygen atoms in total. The minimum atomic E-state index is -0.433. The number of carbonyl (C=O) groups is 3. The minimum absolute atomic E-state index is 0.0432. The third kappa shape index (κ3) is 9.86. The van der Waals surface area contributed by atoms with E-state index in [1.165, 1.54) is 0 Å². The molecule has 240 valence electrons. The number of piperidine rings is 1. The SMILES string of the molecule is CN(CCCCC(=O)Nc1ccc(C2OCCO2)cc1)C(=O)CCN1CCC(OC(=O)Nc2ccsc2-c2ccccc2)CC1. The molecule has 2 aromatic carbocycles. The van der Waals surface area contributed by atoms with Crippen molar-refractivity contribution in [1.82, 2.24) is 9.80 Å². The first kappa shape index (κ1) is 32.6. The van der Waals surface area contributed by atoms with Crippen molar-refractivity contribution in [3.8, 4) is 10.4 Å². The summed E-state index contributed by atoms with van der Waals surface area (Å²) in [4.78, 5) is 42.6. The topological polar surface area (TPSA) is 109 Å². The summed E-state index contributed by atoms with van der Waals surface area (Å²) < 4.78 is 16.7. The second-order valence-electron chi connectivity index (χ2n) is 11.4. The molecule has 2 aliphatic heterocycles. The molecule has 0 aliphatic carbocycles. The van der Waals surface area contributed by atoms with Gasteiger partial charge in [0.05, 0.1) is 23.8 Å². The molecule has 3 aromatic rings. The number of thiophene rings is 1. The maximum Gasteiger partial charge on any atom is 0.411 e. The summed E-state index contributed by atoms with van der Waals surface area (Å²) in [5, 5.41) is 7.78. The molecule has 0 spiro atoms. The van der Waals surface area contributed by atoms with Crippen LogP contribution in [0.25, 0.3) is 10.4 Å². The molecule has 11 heteroatoms. The maximum atomic E-state index is 12.7. The highest BCUT2D eigenvalue weighted by Crippen LogP contribution is 2.33. The second kappa shape index (κ2) is 16.5. The number of hydrogen-bond acceptors (Lipinski definition) is 8. The van der Waals surface area contributed by atoms with E-state index in [9.17, 15) is 14.4 Å². The first-order valence-corrected chi connectivity index (χ1v) is 16.5. The van der Waals surface area contributed by atoms with E-state index in [1.807, 2.05) is 73.1 Å². The van der Waals surface area contributed by atoms with Crippen LogP contribution in [0.2, 0.25) is 0 Å². The van der Waals surface area contributed by atoms with Gasteiger partial charge in [-0.05, 0) is 54.8 Å². The number of likely N-dealkylation sites (tertiary alicyclic amines) is 1. The summed E-state index contributed by atoms with van der Waals surface area (Å²) in [7, 11) is 1.82. The first-order chi connectivity index (χ1) is 21.9. The Morgan fingerprint density at radius 2 is 1.67 bits per heavy atom. The summed E-state index contributed by atoms with van der Waals surface area (Å²) in [6.07, 6.45) is 2.87. The summed E-state index contributed by atoms with van der Waals surface area (Å²) in [5.74, 6) is 0.0517. The number of nitrogens with zero attached hydrogens (tertiary/aromatic N) is 2. The van der Waals surface area contributed by atoms with Crippen LogP contribution in [0.5, 0.6) is 0 Å². The van der Waals surface area contributed by atoms with Crippen LogP contribution < -0.4 is 10.6 Å². The summed E-state index contributed by atoms with van der Waals surface area (Å²) in [6, 6.07) is 19.4. The van der Waals surface area contributed by atoms with Gasteiger partial charge in [0.25, 0.3) is 0 Å². The third-order valence-electron chi connectivity index (χ3n) is 8.05. The average Bonchev–Trinajstić information content (AvgIpc) is 3.76. The zero-order valence-electron chi connectivity index (χ0n) is 25.7. The number of nitrogens with one attached hydrogen (secondary N) is 2. The van der Waals surface area contributed by atoms with Crippen molar-refractivity contribution in [3.05, 3.63) is 71.6 Å². The molecule has 0 unspecified atom stereocenters. The highest BCUT2D eigenvalue weighted by atomic mass is 32.1. The molecule has 0 atom stereocenters. The van der Waals surface area contributed by atoms with Gasteiger partial charge in [-0.25, -0.2) is 4.79 Å². The Balaban J connectivity index is 0.917. The van der Waals surface area contributed by atoms with Crippen molar-refractivity contribution in [3.63, 3.8) is 0 Å². The Morgan fingerprint density at radius 1 is 0.933 bits per heavy atom. The number of carbonyl (C=O) groups excluding carboxylic acids is 3. The Morgan fingerprint density at radius 3 is 2.40 bits per heavy atom. The van der Waals surface area contributed by atoms with Gasteiger partial charge >= 0.3 is 6.09 Å². The van der Waals surface area contributed by atoms with E-state index in [-0.39, 0.29) is 24.2 Å². The van der Waals surface area contributed by atoms with Crippen LogP contribution in [0, 0.1) is 0 Å². The van der Waals surface area contributed by atoms with E-state index in [4.69, 9.17) is 14.2 Å². The van der Waals surface area contributed by atoms with Gasteiger partial charge in [-0.15, -0.1) is 11.3 Å². The lowest BCUT2D eigenvalue weighted by atomic mass is 10.1. The van der Waals surface area contributed by atoms with Crippen molar-refractivity contribution in [2.24, 2.45) is 0 Å². The van der Waals surface area contributed by atoms with Gasteiger partial charge in [-0.1, -0.05) is 42.5 Å². The minimum Gasteiger partial charge on any atom is -0.446 e. The van der Waals surface area contributed by atoms with Gasteiger partial charge in [0, 0.05) is 57.3 Å². The number of hydrogen-bond donors (Lipinski definition) is 2. The van der Waals surface area contributed by atoms with Crippen molar-refractivity contribution in [2.75, 3.05) is 57.1 Å². The molecule has 0 radical (unpaired) electrons. The molecule has 5 rings (SSSR count). The molecule has 0 saturated carbocycles. The van der Waals surface area contributed by atoms with Gasteiger partial charge in [0.1, 0.15) is 6.10 Å². The molecule has 3 amide bonds. The summed E-state index contributed by atoms with van der Waals surface area (Å²) in [6.45, 7) is 4.04. The van der Waals surface area contributed by atoms with E-state index in [0.717, 1.165) is 59.7 Å². The lowest BCUT2D eigenvalue weighted by molar-refractivity contribution is -0.130. The van der Waals surface area contributed by atoms with Crippen molar-refractivity contribution in [2.45, 2.75) is 50.9 Å². The third-order valence-corrected chi connectivity index (χ3v) is 9.01. The van der Waals surface area contributed by atoms with E-state index in [0.29, 0.717) is 45.6 Å². The molecule has 2 aliphatic rings. The molecule has 1 aromatic heterocycles. The van der Waals surface area contributed by atoms with E-state index < -0.39 is 6.09 Å². The molecule has 45 heavy (non-hydrogen) atoms. The van der Waals surface area contributed by atoms with Crippen LogP contribution in [0.3, 0.4) is 0 Å². The van der Waals surface area contributed by atoms with E-state index in [2.05, 4.69) is 15.5 Å². The number of anilines is 2. The quantitative estimate of drug-likeness (QED) is 0.218. The van der Waals surface area contributed by atoms with Crippen molar-refractivity contribution < 1.29 is 28.6 Å². The standard InChI is InChI=1S/C34H42N4O6S/c1-37(18-6-5-9-30(39)35-27-12-10-26(11-13-27)33-42-22-23-43-33)31(40)16-21-38-19-14-28(15-20-38)44-34(41)36-29-17-24-45-32(29)25-7-3-2-4-8-25/h2-4,7-8,10-13,17,24,28,33H,5-6,9,14-16,18-23H2,1H3,(H,35,39)(H,36,41). The van der Waals surface area contributed by atoms with Crippen LogP contribution >= 0.6 is 11.3 Å².